The normalized spacial score (nSPS) is 11.2. The standard InChI is InChI=1S/C11H9BrN2O3S2/c12-9-4-5-10(18-9)19(16,17)14-8-3-1-2-7(6-8)11(13)15/h1-6,14H,(H2,13,15). The molecule has 2 aromatic rings. The minimum absolute atomic E-state index is 0.184. The van der Waals surface area contributed by atoms with Crippen molar-refractivity contribution in [2.45, 2.75) is 4.21 Å². The van der Waals surface area contributed by atoms with Crippen LogP contribution in [-0.2, 0) is 10.0 Å². The molecule has 5 nitrogen and oxygen atoms in total. The van der Waals surface area contributed by atoms with E-state index in [4.69, 9.17) is 5.73 Å². The highest BCUT2D eigenvalue weighted by atomic mass is 79.9. The average molecular weight is 361 g/mol. The Balaban J connectivity index is 2.30. The van der Waals surface area contributed by atoms with Crippen LogP contribution in [0.2, 0.25) is 0 Å². The number of thiophene rings is 1. The Hall–Kier alpha value is -1.38. The molecule has 8 heteroatoms. The van der Waals surface area contributed by atoms with Crippen molar-refractivity contribution in [2.24, 2.45) is 5.73 Å². The average Bonchev–Trinajstić information content (AvgIpc) is 2.76. The highest BCUT2D eigenvalue weighted by Crippen LogP contribution is 2.27. The Bertz CT molecular complexity index is 725. The van der Waals surface area contributed by atoms with E-state index in [-0.39, 0.29) is 9.77 Å². The van der Waals surface area contributed by atoms with Gasteiger partial charge in [-0.2, -0.15) is 0 Å². The van der Waals surface area contributed by atoms with Gasteiger partial charge in [-0.3, -0.25) is 9.52 Å². The van der Waals surface area contributed by atoms with Crippen LogP contribution in [-0.4, -0.2) is 14.3 Å². The molecule has 19 heavy (non-hydrogen) atoms. The number of hydrogen-bond donors (Lipinski definition) is 2. The largest absolute Gasteiger partial charge is 0.366 e. The van der Waals surface area contributed by atoms with Gasteiger partial charge in [0.2, 0.25) is 5.91 Å². The molecule has 1 aromatic heterocycles. The van der Waals surface area contributed by atoms with Crippen molar-refractivity contribution in [3.05, 3.63) is 45.7 Å². The number of sulfonamides is 1. The number of rotatable bonds is 4. The summed E-state index contributed by atoms with van der Waals surface area (Å²) in [4.78, 5) is 11.0. The number of halogens is 1. The second-order valence-electron chi connectivity index (χ2n) is 3.61. The fourth-order valence-electron chi connectivity index (χ4n) is 1.38. The summed E-state index contributed by atoms with van der Waals surface area (Å²) < 4.78 is 27.4. The number of primary amides is 1. The number of amides is 1. The van der Waals surface area contributed by atoms with E-state index in [0.29, 0.717) is 5.69 Å². The molecule has 1 amide bonds. The number of anilines is 1. The van der Waals surface area contributed by atoms with Gasteiger partial charge in [-0.25, -0.2) is 8.42 Å². The predicted octanol–water partition coefficient (Wildman–Crippen LogP) is 2.41. The third-order valence-electron chi connectivity index (χ3n) is 2.21. The first-order valence-electron chi connectivity index (χ1n) is 5.06. The highest BCUT2D eigenvalue weighted by molar-refractivity contribution is 9.11. The molecular formula is C11H9BrN2O3S2. The number of hydrogen-bond acceptors (Lipinski definition) is 4. The van der Waals surface area contributed by atoms with Gasteiger partial charge >= 0.3 is 0 Å². The van der Waals surface area contributed by atoms with Crippen LogP contribution < -0.4 is 10.5 Å². The number of carbonyl (C=O) groups excluding carboxylic acids is 1. The number of nitrogens with two attached hydrogens (primary N) is 1. The van der Waals surface area contributed by atoms with E-state index in [0.717, 1.165) is 15.1 Å². The smallest absolute Gasteiger partial charge is 0.271 e. The van der Waals surface area contributed by atoms with Gasteiger partial charge in [0.05, 0.1) is 3.79 Å². The van der Waals surface area contributed by atoms with Gasteiger partial charge < -0.3 is 5.73 Å². The van der Waals surface area contributed by atoms with Crippen LogP contribution in [0.5, 0.6) is 0 Å². The zero-order valence-corrected chi connectivity index (χ0v) is 12.7. The monoisotopic (exact) mass is 360 g/mol. The van der Waals surface area contributed by atoms with Gasteiger partial charge in [0, 0.05) is 11.3 Å². The summed E-state index contributed by atoms with van der Waals surface area (Å²) in [7, 11) is -3.65. The van der Waals surface area contributed by atoms with Crippen molar-refractivity contribution in [1.29, 1.82) is 0 Å². The molecule has 0 aliphatic heterocycles. The van der Waals surface area contributed by atoms with Gasteiger partial charge in [-0.05, 0) is 46.3 Å². The van der Waals surface area contributed by atoms with Crippen molar-refractivity contribution >= 4 is 48.9 Å². The number of nitrogens with one attached hydrogen (secondary N) is 1. The minimum atomic E-state index is -3.65. The quantitative estimate of drug-likeness (QED) is 0.876. The van der Waals surface area contributed by atoms with Crippen LogP contribution in [0.15, 0.2) is 44.4 Å². The lowest BCUT2D eigenvalue weighted by Gasteiger charge is -2.06. The van der Waals surface area contributed by atoms with E-state index >= 15 is 0 Å². The van der Waals surface area contributed by atoms with Gasteiger partial charge in [-0.15, -0.1) is 11.3 Å². The summed E-state index contributed by atoms with van der Waals surface area (Å²) in [6, 6.07) is 9.16. The number of benzene rings is 1. The molecule has 0 bridgehead atoms. The van der Waals surface area contributed by atoms with Crippen LogP contribution in [0.25, 0.3) is 0 Å². The van der Waals surface area contributed by atoms with Gasteiger partial charge in [0.1, 0.15) is 4.21 Å². The van der Waals surface area contributed by atoms with E-state index in [1.165, 1.54) is 18.2 Å². The maximum absolute atomic E-state index is 12.1. The highest BCUT2D eigenvalue weighted by Gasteiger charge is 2.16. The fourth-order valence-corrected chi connectivity index (χ4v) is 4.44. The summed E-state index contributed by atoms with van der Waals surface area (Å²) in [5.41, 5.74) is 5.68. The third-order valence-corrected chi connectivity index (χ3v) is 5.71. The van der Waals surface area contributed by atoms with E-state index in [2.05, 4.69) is 20.7 Å². The summed E-state index contributed by atoms with van der Waals surface area (Å²) >= 11 is 4.30. The molecule has 2 rings (SSSR count). The number of carbonyl (C=O) groups is 1. The lowest BCUT2D eigenvalue weighted by Crippen LogP contribution is -2.14. The Morgan fingerprint density at radius 3 is 2.58 bits per heavy atom. The molecule has 3 N–H and O–H groups in total. The molecule has 0 fully saturated rings. The second-order valence-corrected chi connectivity index (χ2v) is 7.98. The zero-order chi connectivity index (χ0) is 14.0. The Morgan fingerprint density at radius 2 is 2.00 bits per heavy atom. The molecule has 0 spiro atoms. The van der Waals surface area contributed by atoms with Crippen molar-refractivity contribution in [3.8, 4) is 0 Å². The maximum Gasteiger partial charge on any atom is 0.271 e. The first-order chi connectivity index (χ1) is 8.88. The lowest BCUT2D eigenvalue weighted by molar-refractivity contribution is 0.100. The Labute approximate surface area is 122 Å². The molecule has 100 valence electrons. The van der Waals surface area contributed by atoms with E-state index < -0.39 is 15.9 Å². The molecule has 0 aliphatic carbocycles. The predicted molar refractivity (Wildman–Crippen MR) is 77.8 cm³/mol. The van der Waals surface area contributed by atoms with Crippen LogP contribution in [0.1, 0.15) is 10.4 Å². The van der Waals surface area contributed by atoms with Crippen molar-refractivity contribution in [1.82, 2.24) is 0 Å². The van der Waals surface area contributed by atoms with Gasteiger partial charge in [0.25, 0.3) is 10.0 Å². The molecule has 0 aliphatic rings. The second kappa shape index (κ2) is 5.32. The Kier molecular flexibility index (Phi) is 3.93. The molecule has 0 unspecified atom stereocenters. The molecule has 0 radical (unpaired) electrons. The van der Waals surface area contributed by atoms with E-state index in [1.54, 1.807) is 18.2 Å². The van der Waals surface area contributed by atoms with Crippen LogP contribution >= 0.6 is 27.3 Å². The molecule has 1 aromatic carbocycles. The molecule has 0 saturated heterocycles. The maximum atomic E-state index is 12.1. The molecular weight excluding hydrogens is 352 g/mol. The molecule has 1 heterocycles. The zero-order valence-electron chi connectivity index (χ0n) is 9.46. The topological polar surface area (TPSA) is 89.3 Å². The minimum Gasteiger partial charge on any atom is -0.366 e. The fraction of sp³-hybridized carbons (Fsp3) is 0. The Morgan fingerprint density at radius 1 is 1.26 bits per heavy atom. The summed E-state index contributed by atoms with van der Waals surface area (Å²) in [6.07, 6.45) is 0. The SMILES string of the molecule is NC(=O)c1cccc(NS(=O)(=O)c2ccc(Br)s2)c1. The van der Waals surface area contributed by atoms with Crippen molar-refractivity contribution in [3.63, 3.8) is 0 Å². The first-order valence-corrected chi connectivity index (χ1v) is 8.16. The molecule has 0 atom stereocenters. The van der Waals surface area contributed by atoms with Crippen molar-refractivity contribution in [2.75, 3.05) is 4.72 Å². The summed E-state index contributed by atoms with van der Waals surface area (Å²) in [5, 5.41) is 0. The van der Waals surface area contributed by atoms with E-state index in [9.17, 15) is 13.2 Å². The van der Waals surface area contributed by atoms with E-state index in [1.807, 2.05) is 0 Å². The van der Waals surface area contributed by atoms with Crippen molar-refractivity contribution < 1.29 is 13.2 Å². The molecule has 0 saturated carbocycles. The van der Waals surface area contributed by atoms with Crippen LogP contribution in [0.3, 0.4) is 0 Å². The van der Waals surface area contributed by atoms with Gasteiger partial charge in [-0.1, -0.05) is 6.07 Å². The summed E-state index contributed by atoms with van der Waals surface area (Å²) in [6.45, 7) is 0. The van der Waals surface area contributed by atoms with Gasteiger partial charge in [0.15, 0.2) is 0 Å². The van der Waals surface area contributed by atoms with Crippen LogP contribution in [0.4, 0.5) is 5.69 Å². The summed E-state index contributed by atoms with van der Waals surface area (Å²) in [5.74, 6) is -0.611. The third kappa shape index (κ3) is 3.34. The lowest BCUT2D eigenvalue weighted by atomic mass is 10.2. The van der Waals surface area contributed by atoms with Crippen LogP contribution in [0, 0.1) is 0 Å². The first kappa shape index (κ1) is 14.0.